The second-order valence-corrected chi connectivity index (χ2v) is 9.81. The van der Waals surface area contributed by atoms with Crippen LogP contribution in [0.2, 0.25) is 0 Å². The van der Waals surface area contributed by atoms with E-state index in [9.17, 15) is 8.42 Å². The van der Waals surface area contributed by atoms with Gasteiger partial charge in [0.2, 0.25) is 0 Å². The topological polar surface area (TPSA) is 101 Å². The molecule has 33 heavy (non-hydrogen) atoms. The second-order valence-electron chi connectivity index (χ2n) is 8.24. The van der Waals surface area contributed by atoms with Crippen LogP contribution in [0.4, 0.5) is 0 Å². The summed E-state index contributed by atoms with van der Waals surface area (Å²) in [4.78, 5) is 0. The predicted molar refractivity (Wildman–Crippen MR) is 132 cm³/mol. The van der Waals surface area contributed by atoms with Crippen LogP contribution in [0.3, 0.4) is 0 Å². The van der Waals surface area contributed by atoms with Crippen molar-refractivity contribution in [2.45, 2.75) is 84.0 Å². The summed E-state index contributed by atoms with van der Waals surface area (Å²) >= 11 is 0. The SMILES string of the molecule is CCCCCCCCCCCCCOCCOCCOCCOCCOCCCS(=O)(=O)O. The van der Waals surface area contributed by atoms with Gasteiger partial charge in [0.05, 0.1) is 58.6 Å². The zero-order chi connectivity index (χ0) is 24.3. The first kappa shape index (κ1) is 32.7. The minimum absolute atomic E-state index is 0.270. The maximum Gasteiger partial charge on any atom is 0.264 e. The Morgan fingerprint density at radius 2 is 0.758 bits per heavy atom. The number of rotatable bonds is 28. The zero-order valence-electron chi connectivity index (χ0n) is 21.0. The highest BCUT2D eigenvalue weighted by atomic mass is 32.2. The van der Waals surface area contributed by atoms with Crippen molar-refractivity contribution < 1.29 is 36.7 Å². The highest BCUT2D eigenvalue weighted by Gasteiger charge is 2.03. The van der Waals surface area contributed by atoms with E-state index >= 15 is 0 Å². The summed E-state index contributed by atoms with van der Waals surface area (Å²) in [5.41, 5.74) is 0. The van der Waals surface area contributed by atoms with Gasteiger partial charge in [0.25, 0.3) is 10.1 Å². The maximum absolute atomic E-state index is 10.5. The van der Waals surface area contributed by atoms with Gasteiger partial charge in [-0.05, 0) is 12.8 Å². The van der Waals surface area contributed by atoms with E-state index in [0.717, 1.165) is 13.0 Å². The van der Waals surface area contributed by atoms with E-state index in [1.54, 1.807) is 0 Å². The quantitative estimate of drug-likeness (QED) is 0.123. The average molecular weight is 499 g/mol. The van der Waals surface area contributed by atoms with E-state index in [4.69, 9.17) is 28.2 Å². The van der Waals surface area contributed by atoms with E-state index < -0.39 is 10.1 Å². The van der Waals surface area contributed by atoms with Gasteiger partial charge in [-0.2, -0.15) is 8.42 Å². The van der Waals surface area contributed by atoms with Crippen LogP contribution in [0.25, 0.3) is 0 Å². The molecule has 0 aromatic heterocycles. The highest BCUT2D eigenvalue weighted by molar-refractivity contribution is 7.85. The van der Waals surface area contributed by atoms with E-state index in [2.05, 4.69) is 6.92 Å². The minimum atomic E-state index is -3.90. The van der Waals surface area contributed by atoms with Crippen molar-refractivity contribution in [1.29, 1.82) is 0 Å². The molecule has 0 radical (unpaired) electrons. The molecule has 0 aliphatic rings. The molecule has 0 rings (SSSR count). The molecule has 0 saturated carbocycles. The molecule has 8 nitrogen and oxygen atoms in total. The van der Waals surface area contributed by atoms with Crippen molar-refractivity contribution >= 4 is 10.1 Å². The smallest absolute Gasteiger partial charge is 0.264 e. The van der Waals surface area contributed by atoms with Crippen molar-refractivity contribution in [3.05, 3.63) is 0 Å². The Kier molecular flexibility index (Phi) is 26.1. The molecule has 0 unspecified atom stereocenters. The standard InChI is InChI=1S/C24H50O8S/c1-2-3-4-5-6-7-8-9-10-11-12-14-28-16-18-30-20-22-32-23-21-31-19-17-29-15-13-24-33(25,26)27/h2-24H2,1H3,(H,25,26,27). The molecule has 0 saturated heterocycles. The first-order chi connectivity index (χ1) is 16.1. The van der Waals surface area contributed by atoms with Crippen molar-refractivity contribution in [3.8, 4) is 0 Å². The summed E-state index contributed by atoms with van der Waals surface area (Å²) in [5, 5.41) is 0. The third-order valence-electron chi connectivity index (χ3n) is 5.07. The van der Waals surface area contributed by atoms with Crippen LogP contribution in [-0.2, 0) is 33.8 Å². The molecule has 0 spiro atoms. The van der Waals surface area contributed by atoms with Gasteiger partial charge in [0.1, 0.15) is 0 Å². The Labute approximate surface area is 202 Å². The lowest BCUT2D eigenvalue weighted by molar-refractivity contribution is -0.0111. The summed E-state index contributed by atoms with van der Waals surface area (Å²) < 4.78 is 56.6. The van der Waals surface area contributed by atoms with Gasteiger partial charge in [0, 0.05) is 13.2 Å². The van der Waals surface area contributed by atoms with Gasteiger partial charge < -0.3 is 23.7 Å². The Bertz CT molecular complexity index is 473. The second kappa shape index (κ2) is 26.3. The number of unbranched alkanes of at least 4 members (excludes halogenated alkanes) is 10. The monoisotopic (exact) mass is 498 g/mol. The first-order valence-electron chi connectivity index (χ1n) is 12.9. The highest BCUT2D eigenvalue weighted by Crippen LogP contribution is 2.11. The molecule has 0 amide bonds. The maximum atomic E-state index is 10.5. The molecule has 0 aliphatic heterocycles. The molecule has 0 aromatic rings. The van der Waals surface area contributed by atoms with Crippen molar-refractivity contribution in [3.63, 3.8) is 0 Å². The molecule has 200 valence electrons. The molecule has 0 fully saturated rings. The molecule has 0 aromatic carbocycles. The number of hydrogen-bond acceptors (Lipinski definition) is 7. The fourth-order valence-electron chi connectivity index (χ4n) is 3.19. The van der Waals surface area contributed by atoms with Crippen LogP contribution >= 0.6 is 0 Å². The lowest BCUT2D eigenvalue weighted by Crippen LogP contribution is -2.14. The van der Waals surface area contributed by atoms with E-state index in [-0.39, 0.29) is 18.8 Å². The third kappa shape index (κ3) is 31.7. The van der Waals surface area contributed by atoms with Gasteiger partial charge in [-0.25, -0.2) is 0 Å². The van der Waals surface area contributed by atoms with E-state index in [0.29, 0.717) is 52.9 Å². The summed E-state index contributed by atoms with van der Waals surface area (Å²) in [5.74, 6) is -0.282. The van der Waals surface area contributed by atoms with Crippen molar-refractivity contribution in [2.24, 2.45) is 0 Å². The van der Waals surface area contributed by atoms with Gasteiger partial charge in [-0.15, -0.1) is 0 Å². The number of ether oxygens (including phenoxy) is 5. The van der Waals surface area contributed by atoms with Gasteiger partial charge >= 0.3 is 0 Å². The zero-order valence-corrected chi connectivity index (χ0v) is 21.8. The summed E-state index contributed by atoms with van der Waals surface area (Å²) in [7, 11) is -3.90. The summed E-state index contributed by atoms with van der Waals surface area (Å²) in [6.07, 6.45) is 15.1. The van der Waals surface area contributed by atoms with Crippen LogP contribution in [0, 0.1) is 0 Å². The largest absolute Gasteiger partial charge is 0.379 e. The van der Waals surface area contributed by atoms with Gasteiger partial charge in [-0.3, -0.25) is 4.55 Å². The minimum Gasteiger partial charge on any atom is -0.379 e. The molecular weight excluding hydrogens is 448 g/mol. The molecule has 1 N–H and O–H groups in total. The Morgan fingerprint density at radius 3 is 1.12 bits per heavy atom. The van der Waals surface area contributed by atoms with Gasteiger partial charge in [-0.1, -0.05) is 71.1 Å². The average Bonchev–Trinajstić information content (AvgIpc) is 2.78. The summed E-state index contributed by atoms with van der Waals surface area (Å²) in [6, 6.07) is 0. The molecule has 0 aliphatic carbocycles. The molecule has 0 heterocycles. The molecular formula is C24H50O8S. The van der Waals surface area contributed by atoms with Crippen LogP contribution < -0.4 is 0 Å². The van der Waals surface area contributed by atoms with Crippen LogP contribution in [0.15, 0.2) is 0 Å². The fourth-order valence-corrected chi connectivity index (χ4v) is 3.68. The van der Waals surface area contributed by atoms with Crippen LogP contribution in [0.5, 0.6) is 0 Å². The lowest BCUT2D eigenvalue weighted by atomic mass is 10.1. The molecule has 9 heteroatoms. The first-order valence-corrected chi connectivity index (χ1v) is 14.5. The van der Waals surface area contributed by atoms with Crippen LogP contribution in [-0.4, -0.2) is 84.8 Å². The van der Waals surface area contributed by atoms with Crippen molar-refractivity contribution in [1.82, 2.24) is 0 Å². The predicted octanol–water partition coefficient (Wildman–Crippen LogP) is 4.66. The van der Waals surface area contributed by atoms with E-state index in [1.807, 2.05) is 0 Å². The normalized spacial score (nSPS) is 11.9. The fraction of sp³-hybridized carbons (Fsp3) is 1.00. The molecule has 0 atom stereocenters. The summed E-state index contributed by atoms with van der Waals surface area (Å²) in [6.45, 7) is 7.40. The van der Waals surface area contributed by atoms with Gasteiger partial charge in [0.15, 0.2) is 0 Å². The van der Waals surface area contributed by atoms with E-state index in [1.165, 1.54) is 64.2 Å². The Balaban J connectivity index is 3.04. The Morgan fingerprint density at radius 1 is 0.455 bits per heavy atom. The Hall–Kier alpha value is -0.290. The molecule has 0 bridgehead atoms. The number of hydrogen-bond donors (Lipinski definition) is 1. The lowest BCUT2D eigenvalue weighted by Gasteiger charge is -2.08. The van der Waals surface area contributed by atoms with Crippen LogP contribution in [0.1, 0.15) is 84.0 Å². The van der Waals surface area contributed by atoms with Crippen molar-refractivity contribution in [2.75, 3.05) is 71.8 Å². The third-order valence-corrected chi connectivity index (χ3v) is 5.88.